The summed E-state index contributed by atoms with van der Waals surface area (Å²) < 4.78 is 6.78. The average Bonchev–Trinajstić information content (AvgIpc) is 3.12. The first-order valence-electron chi connectivity index (χ1n) is 6.32. The lowest BCUT2D eigenvalue weighted by Gasteiger charge is -2.05. The summed E-state index contributed by atoms with van der Waals surface area (Å²) in [7, 11) is 1.66. The molecule has 0 atom stereocenters. The molecular formula is C13H18N4O2S. The van der Waals surface area contributed by atoms with Gasteiger partial charge in [0.15, 0.2) is 0 Å². The first-order chi connectivity index (χ1) is 9.78. The third-order valence-corrected chi connectivity index (χ3v) is 3.54. The second kappa shape index (κ2) is 7.66. The van der Waals surface area contributed by atoms with Gasteiger partial charge >= 0.3 is 6.03 Å². The Kier molecular flexibility index (Phi) is 5.57. The number of nitrogens with zero attached hydrogens (tertiary/aromatic N) is 2. The molecule has 2 heterocycles. The van der Waals surface area contributed by atoms with Crippen molar-refractivity contribution in [2.45, 2.75) is 19.6 Å². The summed E-state index contributed by atoms with van der Waals surface area (Å²) in [5, 5.41) is 11.8. The Labute approximate surface area is 121 Å². The Morgan fingerprint density at radius 1 is 1.45 bits per heavy atom. The van der Waals surface area contributed by atoms with Crippen molar-refractivity contribution in [1.82, 2.24) is 20.4 Å². The summed E-state index contributed by atoms with van der Waals surface area (Å²) >= 11 is 1.62. The van der Waals surface area contributed by atoms with Crippen LogP contribution in [-0.2, 0) is 24.4 Å². The van der Waals surface area contributed by atoms with Gasteiger partial charge in [-0.15, -0.1) is 11.3 Å². The van der Waals surface area contributed by atoms with E-state index >= 15 is 0 Å². The molecule has 0 radical (unpaired) electrons. The Hall–Kier alpha value is -1.86. The minimum atomic E-state index is -0.178. The van der Waals surface area contributed by atoms with E-state index in [1.165, 1.54) is 0 Å². The summed E-state index contributed by atoms with van der Waals surface area (Å²) in [6.45, 7) is 2.34. The normalized spacial score (nSPS) is 10.4. The van der Waals surface area contributed by atoms with E-state index in [2.05, 4.69) is 15.7 Å². The topological polar surface area (TPSA) is 68.2 Å². The third-order valence-electron chi connectivity index (χ3n) is 2.67. The molecule has 0 aliphatic rings. The maximum atomic E-state index is 11.6. The van der Waals surface area contributed by atoms with Crippen LogP contribution in [0.25, 0.3) is 0 Å². The van der Waals surface area contributed by atoms with Gasteiger partial charge in [-0.3, -0.25) is 4.68 Å². The fraction of sp³-hybridized carbons (Fsp3) is 0.385. The van der Waals surface area contributed by atoms with Crippen molar-refractivity contribution in [3.63, 3.8) is 0 Å². The second-order valence-corrected chi connectivity index (χ2v) is 5.25. The molecule has 0 bridgehead atoms. The molecule has 2 amide bonds. The van der Waals surface area contributed by atoms with Crippen molar-refractivity contribution in [2.24, 2.45) is 0 Å². The summed E-state index contributed by atoms with van der Waals surface area (Å²) in [5.41, 5.74) is 0.965. The van der Waals surface area contributed by atoms with Crippen molar-refractivity contribution in [2.75, 3.05) is 13.7 Å². The van der Waals surface area contributed by atoms with Crippen molar-refractivity contribution < 1.29 is 9.53 Å². The van der Waals surface area contributed by atoms with E-state index in [1.54, 1.807) is 29.3 Å². The number of hydrogen-bond acceptors (Lipinski definition) is 4. The fourth-order valence-corrected chi connectivity index (χ4v) is 2.27. The largest absolute Gasteiger partial charge is 0.383 e. The molecule has 108 valence electrons. The van der Waals surface area contributed by atoms with Gasteiger partial charge in [0.2, 0.25) is 0 Å². The number of rotatable bonds is 7. The molecule has 0 aromatic carbocycles. The number of carbonyl (C=O) groups is 1. The van der Waals surface area contributed by atoms with Crippen LogP contribution >= 0.6 is 11.3 Å². The highest BCUT2D eigenvalue weighted by molar-refractivity contribution is 7.09. The number of amides is 2. The lowest BCUT2D eigenvalue weighted by molar-refractivity contribution is 0.183. The van der Waals surface area contributed by atoms with Gasteiger partial charge in [-0.05, 0) is 11.4 Å². The number of nitrogens with one attached hydrogen (secondary N) is 2. The van der Waals surface area contributed by atoms with Crippen LogP contribution in [-0.4, -0.2) is 29.5 Å². The first kappa shape index (κ1) is 14.5. The van der Waals surface area contributed by atoms with Gasteiger partial charge in [-0.25, -0.2) is 4.79 Å². The molecule has 0 aliphatic carbocycles. The van der Waals surface area contributed by atoms with E-state index in [0.717, 1.165) is 10.4 Å². The summed E-state index contributed by atoms with van der Waals surface area (Å²) in [6, 6.07) is 3.78. The molecule has 2 N–H and O–H groups in total. The minimum absolute atomic E-state index is 0.178. The molecule has 0 aliphatic heterocycles. The summed E-state index contributed by atoms with van der Waals surface area (Å²) in [5.74, 6) is 0. The number of methoxy groups -OCH3 is 1. The molecular weight excluding hydrogens is 276 g/mol. The van der Waals surface area contributed by atoms with E-state index in [4.69, 9.17) is 4.74 Å². The van der Waals surface area contributed by atoms with Gasteiger partial charge in [0.05, 0.1) is 25.9 Å². The van der Waals surface area contributed by atoms with E-state index < -0.39 is 0 Å². The fourth-order valence-electron chi connectivity index (χ4n) is 1.63. The molecule has 2 rings (SSSR count). The Morgan fingerprint density at radius 2 is 2.30 bits per heavy atom. The van der Waals surface area contributed by atoms with Crippen LogP contribution in [0, 0.1) is 0 Å². The zero-order valence-electron chi connectivity index (χ0n) is 11.3. The molecule has 2 aromatic rings. The van der Waals surface area contributed by atoms with E-state index in [9.17, 15) is 4.79 Å². The van der Waals surface area contributed by atoms with E-state index in [1.807, 2.05) is 23.7 Å². The van der Waals surface area contributed by atoms with E-state index in [-0.39, 0.29) is 6.03 Å². The molecule has 7 heteroatoms. The standard InChI is InChI=1S/C13H18N4O2S/c1-19-5-4-17-10-11(8-16-17)7-14-13(18)15-9-12-3-2-6-20-12/h2-3,6,8,10H,4-5,7,9H2,1H3,(H2,14,15,18). The lowest BCUT2D eigenvalue weighted by Crippen LogP contribution is -2.34. The number of aromatic nitrogens is 2. The monoisotopic (exact) mass is 294 g/mol. The van der Waals surface area contributed by atoms with Crippen LogP contribution in [0.1, 0.15) is 10.4 Å². The van der Waals surface area contributed by atoms with Crippen LogP contribution in [0.2, 0.25) is 0 Å². The molecule has 6 nitrogen and oxygen atoms in total. The summed E-state index contributed by atoms with van der Waals surface area (Å²) in [6.07, 6.45) is 3.65. The number of urea groups is 1. The van der Waals surface area contributed by atoms with Crippen molar-refractivity contribution in [3.8, 4) is 0 Å². The highest BCUT2D eigenvalue weighted by Crippen LogP contribution is 2.07. The zero-order chi connectivity index (χ0) is 14.2. The van der Waals surface area contributed by atoms with Crippen molar-refractivity contribution >= 4 is 17.4 Å². The second-order valence-electron chi connectivity index (χ2n) is 4.22. The smallest absolute Gasteiger partial charge is 0.315 e. The van der Waals surface area contributed by atoms with Crippen LogP contribution < -0.4 is 10.6 Å². The van der Waals surface area contributed by atoms with Crippen molar-refractivity contribution in [3.05, 3.63) is 40.3 Å². The van der Waals surface area contributed by atoms with Crippen LogP contribution in [0.4, 0.5) is 4.79 Å². The van der Waals surface area contributed by atoms with Gasteiger partial charge in [0.25, 0.3) is 0 Å². The molecule has 0 saturated heterocycles. The lowest BCUT2D eigenvalue weighted by atomic mass is 10.3. The van der Waals surface area contributed by atoms with Crippen LogP contribution in [0.15, 0.2) is 29.9 Å². The quantitative estimate of drug-likeness (QED) is 0.815. The predicted octanol–water partition coefficient (Wildman–Crippen LogP) is 1.59. The molecule has 0 unspecified atom stereocenters. The average molecular weight is 294 g/mol. The molecule has 0 fully saturated rings. The predicted molar refractivity (Wildman–Crippen MR) is 77.5 cm³/mol. The highest BCUT2D eigenvalue weighted by Gasteiger charge is 2.03. The van der Waals surface area contributed by atoms with Gasteiger partial charge < -0.3 is 15.4 Å². The van der Waals surface area contributed by atoms with Gasteiger partial charge in [0.1, 0.15) is 0 Å². The molecule has 0 spiro atoms. The number of hydrogen-bond donors (Lipinski definition) is 2. The van der Waals surface area contributed by atoms with Gasteiger partial charge in [-0.2, -0.15) is 5.10 Å². The molecule has 0 saturated carbocycles. The number of carbonyl (C=O) groups excluding carboxylic acids is 1. The van der Waals surface area contributed by atoms with Crippen LogP contribution in [0.3, 0.4) is 0 Å². The van der Waals surface area contributed by atoms with Crippen LogP contribution in [0.5, 0.6) is 0 Å². The Morgan fingerprint density at radius 3 is 3.05 bits per heavy atom. The zero-order valence-corrected chi connectivity index (χ0v) is 12.2. The van der Waals surface area contributed by atoms with Crippen molar-refractivity contribution in [1.29, 1.82) is 0 Å². The molecule has 20 heavy (non-hydrogen) atoms. The number of thiophene rings is 1. The SMILES string of the molecule is COCCn1cc(CNC(=O)NCc2cccs2)cn1. The van der Waals surface area contributed by atoms with Gasteiger partial charge in [0, 0.05) is 30.3 Å². The Balaban J connectivity index is 1.68. The molecule has 2 aromatic heterocycles. The Bertz CT molecular complexity index is 524. The van der Waals surface area contributed by atoms with Gasteiger partial charge in [-0.1, -0.05) is 6.07 Å². The maximum Gasteiger partial charge on any atom is 0.315 e. The first-order valence-corrected chi connectivity index (χ1v) is 7.20. The maximum absolute atomic E-state index is 11.6. The summed E-state index contributed by atoms with van der Waals surface area (Å²) in [4.78, 5) is 12.8. The number of ether oxygens (including phenoxy) is 1. The van der Waals surface area contributed by atoms with E-state index in [0.29, 0.717) is 26.2 Å². The third kappa shape index (κ3) is 4.67. The highest BCUT2D eigenvalue weighted by atomic mass is 32.1. The minimum Gasteiger partial charge on any atom is -0.383 e.